The van der Waals surface area contributed by atoms with Crippen LogP contribution in [0.4, 0.5) is 0 Å². The van der Waals surface area contributed by atoms with E-state index in [-0.39, 0.29) is 12.5 Å². The number of rotatable bonds is 5. The van der Waals surface area contributed by atoms with Crippen molar-refractivity contribution in [1.29, 1.82) is 0 Å². The smallest absolute Gasteiger partial charge is 0.233 e. The van der Waals surface area contributed by atoms with Gasteiger partial charge in [-0.15, -0.1) is 11.3 Å². The van der Waals surface area contributed by atoms with E-state index in [4.69, 9.17) is 0 Å². The number of benzene rings is 2. The molecule has 2 aliphatic rings. The van der Waals surface area contributed by atoms with Crippen molar-refractivity contribution in [3.63, 3.8) is 0 Å². The zero-order valence-corrected chi connectivity index (χ0v) is 17.9. The third-order valence-electron chi connectivity index (χ3n) is 5.73. The van der Waals surface area contributed by atoms with E-state index < -0.39 is 16.9 Å². The highest BCUT2D eigenvalue weighted by molar-refractivity contribution is 7.82. The molecule has 2 atom stereocenters. The van der Waals surface area contributed by atoms with Gasteiger partial charge in [0.1, 0.15) is 11.0 Å². The van der Waals surface area contributed by atoms with E-state index in [1.165, 1.54) is 11.1 Å². The molecule has 0 bridgehead atoms. The Morgan fingerprint density at radius 2 is 1.83 bits per heavy atom. The van der Waals surface area contributed by atoms with Crippen LogP contribution in [0.1, 0.15) is 11.5 Å². The van der Waals surface area contributed by atoms with Crippen molar-refractivity contribution in [2.45, 2.75) is 10.8 Å². The van der Waals surface area contributed by atoms with Gasteiger partial charge in [0.2, 0.25) is 5.91 Å². The highest BCUT2D eigenvalue weighted by Crippen LogP contribution is 2.31. The van der Waals surface area contributed by atoms with Crippen molar-refractivity contribution in [2.75, 3.05) is 32.8 Å². The molecule has 2 aliphatic heterocycles. The monoisotopic (exact) mass is 439 g/mol. The first kappa shape index (κ1) is 19.6. The molecule has 0 radical (unpaired) electrons. The third-order valence-corrected chi connectivity index (χ3v) is 7.91. The Hall–Kier alpha value is -2.39. The zero-order chi connectivity index (χ0) is 20.7. The van der Waals surface area contributed by atoms with Gasteiger partial charge < -0.3 is 10.0 Å². The van der Waals surface area contributed by atoms with E-state index in [0.717, 1.165) is 20.7 Å². The van der Waals surface area contributed by atoms with Crippen LogP contribution >= 0.6 is 11.3 Å². The average Bonchev–Trinajstić information content (AvgIpc) is 3.48. The molecule has 1 amide bonds. The lowest BCUT2D eigenvalue weighted by molar-refractivity contribution is -0.132. The van der Waals surface area contributed by atoms with E-state index in [0.29, 0.717) is 26.2 Å². The van der Waals surface area contributed by atoms with Crippen LogP contribution in [0.3, 0.4) is 0 Å². The van der Waals surface area contributed by atoms with Crippen LogP contribution in [0.5, 0.6) is 0 Å². The molecule has 2 aromatic carbocycles. The molecule has 0 aliphatic carbocycles. The maximum absolute atomic E-state index is 13.1. The highest BCUT2D eigenvalue weighted by atomic mass is 32.2. The Balaban J connectivity index is 1.25. The van der Waals surface area contributed by atoms with Crippen LogP contribution in [0.15, 0.2) is 70.1 Å². The molecular weight excluding hydrogens is 418 g/mol. The van der Waals surface area contributed by atoms with Crippen LogP contribution in [0.25, 0.3) is 10.2 Å². The van der Waals surface area contributed by atoms with Crippen LogP contribution < -0.4 is 0 Å². The maximum atomic E-state index is 13.1. The van der Waals surface area contributed by atoms with E-state index in [9.17, 15) is 14.1 Å². The number of carbonyl (C=O) groups is 1. The normalized spacial score (nSPS) is 18.8. The summed E-state index contributed by atoms with van der Waals surface area (Å²) in [6.07, 6.45) is 0. The van der Waals surface area contributed by atoms with Gasteiger partial charge in [-0.05, 0) is 34.9 Å². The summed E-state index contributed by atoms with van der Waals surface area (Å²) >= 11 is 1.55. The van der Waals surface area contributed by atoms with Crippen molar-refractivity contribution in [3.05, 3.63) is 70.8 Å². The Labute approximate surface area is 181 Å². The van der Waals surface area contributed by atoms with Gasteiger partial charge in [0.25, 0.3) is 0 Å². The first-order chi connectivity index (χ1) is 14.6. The topological polar surface area (TPSA) is 73.7 Å². The second-order valence-corrected chi connectivity index (χ2v) is 9.95. The molecule has 3 heterocycles. The van der Waals surface area contributed by atoms with Gasteiger partial charge in [-0.3, -0.25) is 4.79 Å². The zero-order valence-electron chi connectivity index (χ0n) is 16.2. The van der Waals surface area contributed by atoms with Crippen LogP contribution in [0, 0.1) is 0 Å². The number of amides is 1. The summed E-state index contributed by atoms with van der Waals surface area (Å²) in [5, 5.41) is 9.80. The molecule has 6 nitrogen and oxygen atoms in total. The van der Waals surface area contributed by atoms with Crippen molar-refractivity contribution >= 4 is 38.4 Å². The lowest BCUT2D eigenvalue weighted by Crippen LogP contribution is -2.38. The number of aliphatic hydroxyl groups excluding tert-OH is 1. The fourth-order valence-corrected chi connectivity index (χ4v) is 6.18. The Bertz CT molecular complexity index is 1140. The number of thiazole rings is 1. The summed E-state index contributed by atoms with van der Waals surface area (Å²) in [7, 11) is -1.24. The molecule has 0 fully saturated rings. The SMILES string of the molecule is O=C(C(CO)c1ccccc1)N1CC2=C(C1)CN(S(=O)c1ccc3ncsc3c1)C2. The van der Waals surface area contributed by atoms with Crippen LogP contribution in [-0.4, -0.2) is 62.2 Å². The summed E-state index contributed by atoms with van der Waals surface area (Å²) in [6.45, 7) is 2.07. The minimum absolute atomic E-state index is 0.0542. The summed E-state index contributed by atoms with van der Waals surface area (Å²) in [5.41, 5.74) is 5.89. The minimum Gasteiger partial charge on any atom is -0.395 e. The first-order valence-corrected chi connectivity index (χ1v) is 11.8. The Morgan fingerprint density at radius 3 is 2.53 bits per heavy atom. The summed E-state index contributed by atoms with van der Waals surface area (Å²) in [4.78, 5) is 19.9. The first-order valence-electron chi connectivity index (χ1n) is 9.78. The molecule has 2 unspecified atom stereocenters. The van der Waals surface area contributed by atoms with Gasteiger partial charge >= 0.3 is 0 Å². The van der Waals surface area contributed by atoms with Gasteiger partial charge in [0.15, 0.2) is 0 Å². The number of aromatic nitrogens is 1. The lowest BCUT2D eigenvalue weighted by atomic mass is 9.98. The molecule has 0 saturated carbocycles. The van der Waals surface area contributed by atoms with Crippen LogP contribution in [0.2, 0.25) is 0 Å². The maximum Gasteiger partial charge on any atom is 0.233 e. The number of fused-ring (bicyclic) bond motifs is 1. The second kappa shape index (κ2) is 8.03. The molecule has 30 heavy (non-hydrogen) atoms. The van der Waals surface area contributed by atoms with Gasteiger partial charge in [0.05, 0.1) is 33.1 Å². The number of hydrogen-bond acceptors (Lipinski definition) is 5. The van der Waals surface area contributed by atoms with Crippen molar-refractivity contribution in [1.82, 2.24) is 14.2 Å². The highest BCUT2D eigenvalue weighted by Gasteiger charge is 2.36. The van der Waals surface area contributed by atoms with Gasteiger partial charge in [-0.25, -0.2) is 13.5 Å². The van der Waals surface area contributed by atoms with Crippen molar-refractivity contribution in [2.24, 2.45) is 0 Å². The van der Waals surface area contributed by atoms with Gasteiger partial charge in [0, 0.05) is 26.2 Å². The second-order valence-electron chi connectivity index (χ2n) is 7.58. The summed E-state index contributed by atoms with van der Waals surface area (Å²) in [6, 6.07) is 15.2. The van der Waals surface area contributed by atoms with Gasteiger partial charge in [-0.1, -0.05) is 30.3 Å². The third kappa shape index (κ3) is 3.50. The predicted molar refractivity (Wildman–Crippen MR) is 117 cm³/mol. The lowest BCUT2D eigenvalue weighted by Gasteiger charge is -2.25. The number of aliphatic hydroxyl groups is 1. The molecule has 3 aromatic rings. The van der Waals surface area contributed by atoms with Crippen molar-refractivity contribution in [3.8, 4) is 0 Å². The number of nitrogens with zero attached hydrogens (tertiary/aromatic N) is 3. The quantitative estimate of drug-likeness (QED) is 0.620. The molecule has 8 heteroatoms. The van der Waals surface area contributed by atoms with E-state index in [1.54, 1.807) is 16.8 Å². The molecule has 1 aromatic heterocycles. The minimum atomic E-state index is -1.24. The predicted octanol–water partition coefficient (Wildman–Crippen LogP) is 2.55. The molecular formula is C22H21N3O3S2. The standard InChI is InChI=1S/C22H21N3O3S2/c26-13-19(15-4-2-1-3-5-15)22(27)24-9-16-11-25(12-17(16)10-24)30(28)18-6-7-20-21(8-18)29-14-23-20/h1-8,14,19,26H,9-13H2. The Kier molecular flexibility index (Phi) is 5.24. The Morgan fingerprint density at radius 1 is 1.10 bits per heavy atom. The molecule has 0 saturated heterocycles. The van der Waals surface area contributed by atoms with E-state index >= 15 is 0 Å². The largest absolute Gasteiger partial charge is 0.395 e. The average molecular weight is 440 g/mol. The molecule has 154 valence electrons. The summed E-state index contributed by atoms with van der Waals surface area (Å²) in [5.74, 6) is -0.594. The fourth-order valence-electron chi connectivity index (χ4n) is 4.14. The van der Waals surface area contributed by atoms with E-state index in [1.807, 2.05) is 57.7 Å². The van der Waals surface area contributed by atoms with Gasteiger partial charge in [-0.2, -0.15) is 0 Å². The molecule has 0 spiro atoms. The number of carbonyl (C=O) groups excluding carboxylic acids is 1. The van der Waals surface area contributed by atoms with Crippen LogP contribution in [-0.2, 0) is 15.8 Å². The fraction of sp³-hybridized carbons (Fsp3) is 0.273. The molecule has 5 rings (SSSR count). The van der Waals surface area contributed by atoms with Crippen molar-refractivity contribution < 1.29 is 14.1 Å². The number of hydrogen-bond donors (Lipinski definition) is 1. The molecule has 1 N–H and O–H groups in total. The summed E-state index contributed by atoms with van der Waals surface area (Å²) < 4.78 is 16.1. The van der Waals surface area contributed by atoms with E-state index in [2.05, 4.69) is 4.98 Å².